The van der Waals surface area contributed by atoms with E-state index in [0.29, 0.717) is 11.3 Å². The van der Waals surface area contributed by atoms with Gasteiger partial charge < -0.3 is 16.0 Å². The van der Waals surface area contributed by atoms with E-state index in [2.05, 4.69) is 16.0 Å². The number of para-hydroxylation sites is 2. The van der Waals surface area contributed by atoms with Crippen molar-refractivity contribution in [2.75, 3.05) is 30.8 Å². The lowest BCUT2D eigenvalue weighted by Gasteiger charge is -2.18. The highest BCUT2D eigenvalue weighted by Crippen LogP contribution is 2.21. The maximum Gasteiger partial charge on any atom is 0.253 e. The maximum atomic E-state index is 12.7. The molecule has 3 rings (SSSR count). The Kier molecular flexibility index (Phi) is 8.00. The van der Waals surface area contributed by atoms with Crippen LogP contribution >= 0.6 is 0 Å². The third kappa shape index (κ3) is 6.40. The van der Waals surface area contributed by atoms with Crippen LogP contribution in [-0.2, 0) is 9.59 Å². The number of carbonyl (C=O) groups excluding carboxylic acids is 3. The Morgan fingerprint density at radius 2 is 1.47 bits per heavy atom. The Labute approximate surface area is 189 Å². The van der Waals surface area contributed by atoms with Gasteiger partial charge in [0, 0.05) is 11.7 Å². The molecule has 0 heterocycles. The van der Waals surface area contributed by atoms with E-state index in [0.717, 1.165) is 42.5 Å². The number of hydrogen-bond acceptors (Lipinski definition) is 4. The molecule has 0 bridgehead atoms. The molecule has 0 aromatic heterocycles. The maximum absolute atomic E-state index is 12.7. The highest BCUT2D eigenvalue weighted by atomic mass is 16.2. The number of nitrogens with one attached hydrogen (secondary N) is 3. The zero-order valence-corrected chi connectivity index (χ0v) is 19.0. The molecule has 32 heavy (non-hydrogen) atoms. The normalized spacial score (nSPS) is 13.8. The second-order valence-corrected chi connectivity index (χ2v) is 8.54. The summed E-state index contributed by atoms with van der Waals surface area (Å²) in [5.74, 6) is -0.642. The van der Waals surface area contributed by atoms with Crippen molar-refractivity contribution in [1.29, 1.82) is 0 Å². The van der Waals surface area contributed by atoms with E-state index < -0.39 is 0 Å². The molecule has 3 amide bonds. The second kappa shape index (κ2) is 10.9. The number of anilines is 2. The quantitative estimate of drug-likeness (QED) is 0.591. The van der Waals surface area contributed by atoms with E-state index in [1.54, 1.807) is 36.2 Å². The van der Waals surface area contributed by atoms with E-state index in [9.17, 15) is 14.4 Å². The highest BCUT2D eigenvalue weighted by Gasteiger charge is 2.20. The van der Waals surface area contributed by atoms with E-state index in [1.807, 2.05) is 32.0 Å². The number of likely N-dealkylation sites (N-methyl/N-ethyl adjacent to an activating group) is 1. The first-order valence-corrected chi connectivity index (χ1v) is 11.1. The third-order valence-electron chi connectivity index (χ3n) is 5.71. The Morgan fingerprint density at radius 3 is 2.12 bits per heavy atom. The van der Waals surface area contributed by atoms with Crippen LogP contribution in [0.5, 0.6) is 0 Å². The van der Waals surface area contributed by atoms with Crippen molar-refractivity contribution in [2.45, 2.75) is 45.6 Å². The van der Waals surface area contributed by atoms with E-state index in [1.165, 1.54) is 0 Å². The van der Waals surface area contributed by atoms with Crippen molar-refractivity contribution in [3.8, 4) is 0 Å². The van der Waals surface area contributed by atoms with Crippen LogP contribution in [0.15, 0.2) is 42.5 Å². The lowest BCUT2D eigenvalue weighted by atomic mass is 10.1. The number of nitrogens with zero attached hydrogens (tertiary/aromatic N) is 1. The molecule has 2 aromatic carbocycles. The molecule has 0 spiro atoms. The topological polar surface area (TPSA) is 90.5 Å². The standard InChI is InChI=1S/C25H32N4O3/c1-17-9-8-10-18(2)24(17)28-23(31)16-29(3)15-22(30)27-21-14-7-6-13-20(21)25(32)26-19-11-4-5-12-19/h6-10,13-14,19H,4-5,11-12,15-16H2,1-3H3,(H,26,32)(H,27,30)(H,28,31). The molecule has 0 saturated heterocycles. The summed E-state index contributed by atoms with van der Waals surface area (Å²) in [7, 11) is 1.71. The summed E-state index contributed by atoms with van der Waals surface area (Å²) in [6, 6.07) is 13.0. The van der Waals surface area contributed by atoms with Crippen LogP contribution in [0.2, 0.25) is 0 Å². The summed E-state index contributed by atoms with van der Waals surface area (Å²) in [6.07, 6.45) is 4.25. The van der Waals surface area contributed by atoms with Crippen molar-refractivity contribution >= 4 is 29.1 Å². The molecule has 0 aliphatic heterocycles. The van der Waals surface area contributed by atoms with Crippen molar-refractivity contribution in [1.82, 2.24) is 10.2 Å². The van der Waals surface area contributed by atoms with Gasteiger partial charge in [0.15, 0.2) is 0 Å². The first-order valence-electron chi connectivity index (χ1n) is 11.1. The zero-order chi connectivity index (χ0) is 23.1. The minimum atomic E-state index is -0.284. The fourth-order valence-electron chi connectivity index (χ4n) is 4.05. The Morgan fingerprint density at radius 1 is 0.875 bits per heavy atom. The van der Waals surface area contributed by atoms with Gasteiger partial charge in [-0.05, 0) is 57.0 Å². The number of carbonyl (C=O) groups is 3. The van der Waals surface area contributed by atoms with Crippen molar-refractivity contribution in [2.24, 2.45) is 0 Å². The zero-order valence-electron chi connectivity index (χ0n) is 19.0. The van der Waals surface area contributed by atoms with E-state index >= 15 is 0 Å². The molecular formula is C25H32N4O3. The number of amides is 3. The largest absolute Gasteiger partial charge is 0.349 e. The minimum absolute atomic E-state index is 0.0265. The van der Waals surface area contributed by atoms with E-state index in [4.69, 9.17) is 0 Å². The second-order valence-electron chi connectivity index (χ2n) is 8.54. The molecule has 7 nitrogen and oxygen atoms in total. The first kappa shape index (κ1) is 23.5. The SMILES string of the molecule is Cc1cccc(C)c1NC(=O)CN(C)CC(=O)Nc1ccccc1C(=O)NC1CCCC1. The molecule has 2 aromatic rings. The number of rotatable bonds is 8. The van der Waals surface area contributed by atoms with Crippen LogP contribution in [0.4, 0.5) is 11.4 Å². The molecule has 1 aliphatic carbocycles. The van der Waals surface area contributed by atoms with Crippen LogP contribution in [-0.4, -0.2) is 48.8 Å². The summed E-state index contributed by atoms with van der Waals surface area (Å²) in [6.45, 7) is 3.99. The molecule has 1 saturated carbocycles. The monoisotopic (exact) mass is 436 g/mol. The summed E-state index contributed by atoms with van der Waals surface area (Å²) in [5.41, 5.74) is 3.71. The summed E-state index contributed by atoms with van der Waals surface area (Å²) in [4.78, 5) is 39.3. The van der Waals surface area contributed by atoms with Crippen molar-refractivity contribution in [3.63, 3.8) is 0 Å². The van der Waals surface area contributed by atoms with Crippen LogP contribution in [0.25, 0.3) is 0 Å². The lowest BCUT2D eigenvalue weighted by molar-refractivity contribution is -0.119. The lowest BCUT2D eigenvalue weighted by Crippen LogP contribution is -2.37. The molecular weight excluding hydrogens is 404 g/mol. The summed E-state index contributed by atoms with van der Waals surface area (Å²) >= 11 is 0. The molecule has 1 fully saturated rings. The third-order valence-corrected chi connectivity index (χ3v) is 5.71. The molecule has 0 atom stereocenters. The Hall–Kier alpha value is -3.19. The number of aryl methyl sites for hydroxylation is 2. The Bertz CT molecular complexity index is 963. The van der Waals surface area contributed by atoms with E-state index in [-0.39, 0.29) is 36.9 Å². The van der Waals surface area contributed by atoms with Crippen LogP contribution in [0.1, 0.15) is 47.2 Å². The summed E-state index contributed by atoms with van der Waals surface area (Å²) in [5, 5.41) is 8.80. The Balaban J connectivity index is 1.54. The smallest absolute Gasteiger partial charge is 0.253 e. The van der Waals surface area contributed by atoms with Gasteiger partial charge in [0.1, 0.15) is 0 Å². The van der Waals surface area contributed by atoms with Crippen LogP contribution < -0.4 is 16.0 Å². The molecule has 3 N–H and O–H groups in total. The van der Waals surface area contributed by atoms with Crippen LogP contribution in [0, 0.1) is 13.8 Å². The van der Waals surface area contributed by atoms with Crippen molar-refractivity contribution in [3.05, 3.63) is 59.2 Å². The predicted octanol–water partition coefficient (Wildman–Crippen LogP) is 3.48. The minimum Gasteiger partial charge on any atom is -0.349 e. The fourth-order valence-corrected chi connectivity index (χ4v) is 4.05. The molecule has 1 aliphatic rings. The van der Waals surface area contributed by atoms with Crippen LogP contribution in [0.3, 0.4) is 0 Å². The van der Waals surface area contributed by atoms with Gasteiger partial charge in [-0.25, -0.2) is 0 Å². The molecule has 170 valence electrons. The number of hydrogen-bond donors (Lipinski definition) is 3. The van der Waals surface area contributed by atoms with Gasteiger partial charge in [-0.1, -0.05) is 43.2 Å². The molecule has 0 unspecified atom stereocenters. The number of benzene rings is 2. The van der Waals surface area contributed by atoms with Gasteiger partial charge >= 0.3 is 0 Å². The first-order chi connectivity index (χ1) is 15.3. The van der Waals surface area contributed by atoms with Gasteiger partial charge in [0.2, 0.25) is 11.8 Å². The van der Waals surface area contributed by atoms with Gasteiger partial charge in [0.25, 0.3) is 5.91 Å². The summed E-state index contributed by atoms with van der Waals surface area (Å²) < 4.78 is 0. The van der Waals surface area contributed by atoms with Gasteiger partial charge in [-0.2, -0.15) is 0 Å². The van der Waals surface area contributed by atoms with Gasteiger partial charge in [-0.15, -0.1) is 0 Å². The molecule has 0 radical (unpaired) electrons. The predicted molar refractivity (Wildman–Crippen MR) is 127 cm³/mol. The van der Waals surface area contributed by atoms with Gasteiger partial charge in [-0.3, -0.25) is 19.3 Å². The average Bonchev–Trinajstić information content (AvgIpc) is 3.24. The fraction of sp³-hybridized carbons (Fsp3) is 0.400. The average molecular weight is 437 g/mol. The molecule has 7 heteroatoms. The van der Waals surface area contributed by atoms with Crippen molar-refractivity contribution < 1.29 is 14.4 Å². The highest BCUT2D eigenvalue weighted by molar-refractivity contribution is 6.04. The van der Waals surface area contributed by atoms with Gasteiger partial charge in [0.05, 0.1) is 24.3 Å².